The molecule has 0 spiro atoms. The predicted octanol–water partition coefficient (Wildman–Crippen LogP) is 6.01. The Hall–Kier alpha value is -1.19. The molecule has 0 amide bonds. The molecular formula is C27H44O4. The molecule has 176 valence electrons. The summed E-state index contributed by atoms with van der Waals surface area (Å²) in [5.41, 5.74) is 0.290. The SMILES string of the molecule is CCCC1(C)C(CC=O)CC(=O)C2C1CCC1(C)C2CCC1[C@H](C)CCC(=O)OCC. The average Bonchev–Trinajstić information content (AvgIpc) is 3.07. The molecule has 3 fully saturated rings. The second-order valence-electron chi connectivity index (χ2n) is 11.3. The van der Waals surface area contributed by atoms with Crippen LogP contribution in [0.2, 0.25) is 0 Å². The van der Waals surface area contributed by atoms with Crippen molar-refractivity contribution in [1.29, 1.82) is 0 Å². The van der Waals surface area contributed by atoms with Crippen molar-refractivity contribution in [2.24, 2.45) is 46.3 Å². The maximum atomic E-state index is 13.5. The van der Waals surface area contributed by atoms with Crippen LogP contribution in [-0.4, -0.2) is 24.6 Å². The standard InChI is InChI=1S/C27H44O4/c1-6-14-26(4)19(13-16-28)17-23(29)25-21-10-9-20(27(21,5)15-12-22(25)26)18(3)8-11-24(30)31-7-2/h16,18-22,25H,6-15,17H2,1-5H3/t18-,19?,20?,21?,22?,25?,26?,27?/m1/s1. The first-order valence-corrected chi connectivity index (χ1v) is 12.8. The Morgan fingerprint density at radius 2 is 1.94 bits per heavy atom. The van der Waals surface area contributed by atoms with Gasteiger partial charge in [0.05, 0.1) is 6.61 Å². The molecule has 7 unspecified atom stereocenters. The Labute approximate surface area is 189 Å². The van der Waals surface area contributed by atoms with Crippen molar-refractivity contribution in [3.63, 3.8) is 0 Å². The van der Waals surface area contributed by atoms with E-state index >= 15 is 0 Å². The number of fused-ring (bicyclic) bond motifs is 3. The maximum absolute atomic E-state index is 13.5. The van der Waals surface area contributed by atoms with Gasteiger partial charge in [0.1, 0.15) is 12.1 Å². The van der Waals surface area contributed by atoms with Gasteiger partial charge in [-0.15, -0.1) is 0 Å². The summed E-state index contributed by atoms with van der Waals surface area (Å²) in [4.78, 5) is 36.7. The summed E-state index contributed by atoms with van der Waals surface area (Å²) < 4.78 is 5.14. The first kappa shape index (κ1) is 24.5. The van der Waals surface area contributed by atoms with Gasteiger partial charge >= 0.3 is 5.97 Å². The maximum Gasteiger partial charge on any atom is 0.305 e. The minimum Gasteiger partial charge on any atom is -0.466 e. The smallest absolute Gasteiger partial charge is 0.305 e. The van der Waals surface area contributed by atoms with Gasteiger partial charge in [-0.25, -0.2) is 0 Å². The highest BCUT2D eigenvalue weighted by Crippen LogP contribution is 2.66. The number of hydrogen-bond acceptors (Lipinski definition) is 4. The molecule has 0 saturated heterocycles. The summed E-state index contributed by atoms with van der Waals surface area (Å²) in [6, 6.07) is 0. The van der Waals surface area contributed by atoms with Crippen LogP contribution in [0.5, 0.6) is 0 Å². The molecule has 31 heavy (non-hydrogen) atoms. The third kappa shape index (κ3) is 4.37. The number of esters is 1. The summed E-state index contributed by atoms with van der Waals surface area (Å²) in [5, 5.41) is 0. The Morgan fingerprint density at radius 3 is 2.58 bits per heavy atom. The van der Waals surface area contributed by atoms with E-state index in [2.05, 4.69) is 27.7 Å². The predicted molar refractivity (Wildman–Crippen MR) is 122 cm³/mol. The minimum atomic E-state index is -0.0863. The van der Waals surface area contributed by atoms with E-state index in [1.54, 1.807) is 0 Å². The molecule has 3 aliphatic rings. The molecule has 4 nitrogen and oxygen atoms in total. The van der Waals surface area contributed by atoms with Crippen LogP contribution in [0.25, 0.3) is 0 Å². The summed E-state index contributed by atoms with van der Waals surface area (Å²) in [6.07, 6.45) is 10.3. The zero-order valence-electron chi connectivity index (χ0n) is 20.5. The summed E-state index contributed by atoms with van der Waals surface area (Å²) >= 11 is 0. The van der Waals surface area contributed by atoms with Crippen LogP contribution >= 0.6 is 0 Å². The first-order valence-electron chi connectivity index (χ1n) is 12.8. The lowest BCUT2D eigenvalue weighted by atomic mass is 9.45. The number of carbonyl (C=O) groups is 3. The highest BCUT2D eigenvalue weighted by Gasteiger charge is 2.62. The van der Waals surface area contributed by atoms with Crippen LogP contribution in [0.3, 0.4) is 0 Å². The van der Waals surface area contributed by atoms with Crippen molar-refractivity contribution >= 4 is 18.0 Å². The highest BCUT2D eigenvalue weighted by atomic mass is 16.5. The molecule has 0 heterocycles. The second-order valence-corrected chi connectivity index (χ2v) is 11.3. The molecule has 3 rings (SSSR count). The van der Waals surface area contributed by atoms with Crippen molar-refractivity contribution in [2.45, 2.75) is 98.8 Å². The van der Waals surface area contributed by atoms with E-state index in [9.17, 15) is 14.4 Å². The Balaban J connectivity index is 1.79. The van der Waals surface area contributed by atoms with Gasteiger partial charge in [0, 0.05) is 25.2 Å². The van der Waals surface area contributed by atoms with Gasteiger partial charge in [-0.2, -0.15) is 0 Å². The van der Waals surface area contributed by atoms with E-state index in [-0.39, 0.29) is 28.6 Å². The van der Waals surface area contributed by atoms with Crippen molar-refractivity contribution in [3.8, 4) is 0 Å². The largest absolute Gasteiger partial charge is 0.466 e. The van der Waals surface area contributed by atoms with Gasteiger partial charge in [0.2, 0.25) is 0 Å². The molecule has 0 bridgehead atoms. The van der Waals surface area contributed by atoms with E-state index in [1.165, 1.54) is 12.8 Å². The summed E-state index contributed by atoms with van der Waals surface area (Å²) in [6.45, 7) is 11.7. The number of ketones is 1. The molecule has 0 aliphatic heterocycles. The normalized spacial score (nSPS) is 40.7. The third-order valence-electron chi connectivity index (χ3n) is 9.91. The first-order chi connectivity index (χ1) is 14.7. The summed E-state index contributed by atoms with van der Waals surface area (Å²) in [5.74, 6) is 2.65. The average molecular weight is 433 g/mol. The van der Waals surface area contributed by atoms with Crippen molar-refractivity contribution in [2.75, 3.05) is 6.61 Å². The zero-order valence-corrected chi connectivity index (χ0v) is 20.5. The molecule has 0 aromatic carbocycles. The lowest BCUT2D eigenvalue weighted by molar-refractivity contribution is -0.154. The van der Waals surface area contributed by atoms with E-state index in [4.69, 9.17) is 4.74 Å². The van der Waals surface area contributed by atoms with E-state index in [0.29, 0.717) is 55.3 Å². The van der Waals surface area contributed by atoms with Crippen LogP contribution in [0.15, 0.2) is 0 Å². The molecule has 3 aliphatic carbocycles. The number of carbonyl (C=O) groups excluding carboxylic acids is 3. The number of rotatable bonds is 9. The zero-order chi connectivity index (χ0) is 22.8. The number of Topliss-reactive ketones (excluding diaryl/α,β-unsaturated/α-hetero) is 1. The Bertz CT molecular complexity index is 672. The molecule has 0 radical (unpaired) electrons. The topological polar surface area (TPSA) is 60.4 Å². The quantitative estimate of drug-likeness (QED) is 0.331. The van der Waals surface area contributed by atoms with Crippen LogP contribution in [0, 0.1) is 46.3 Å². The van der Waals surface area contributed by atoms with Crippen LogP contribution in [0.4, 0.5) is 0 Å². The van der Waals surface area contributed by atoms with Gasteiger partial charge in [-0.1, -0.05) is 34.1 Å². The molecule has 8 atom stereocenters. The molecule has 0 aromatic rings. The van der Waals surface area contributed by atoms with Gasteiger partial charge in [-0.3, -0.25) is 9.59 Å². The van der Waals surface area contributed by atoms with Crippen LogP contribution in [-0.2, 0) is 19.1 Å². The molecule has 0 aromatic heterocycles. The van der Waals surface area contributed by atoms with Crippen molar-refractivity contribution < 1.29 is 19.1 Å². The second kappa shape index (κ2) is 9.75. The van der Waals surface area contributed by atoms with Gasteiger partial charge in [-0.05, 0) is 85.9 Å². The number of hydrogen-bond donors (Lipinski definition) is 0. The van der Waals surface area contributed by atoms with E-state index in [0.717, 1.165) is 38.4 Å². The fraction of sp³-hybridized carbons (Fsp3) is 0.889. The van der Waals surface area contributed by atoms with E-state index in [1.807, 2.05) is 6.92 Å². The fourth-order valence-corrected chi connectivity index (χ4v) is 8.40. The molecule has 4 heteroatoms. The van der Waals surface area contributed by atoms with Crippen molar-refractivity contribution in [1.82, 2.24) is 0 Å². The number of ether oxygens (including phenoxy) is 1. The lowest BCUT2D eigenvalue weighted by Gasteiger charge is -2.58. The monoisotopic (exact) mass is 432 g/mol. The van der Waals surface area contributed by atoms with Crippen LogP contribution in [0.1, 0.15) is 98.8 Å². The third-order valence-corrected chi connectivity index (χ3v) is 9.91. The Kier molecular flexibility index (Phi) is 7.69. The molecule has 0 N–H and O–H groups in total. The Morgan fingerprint density at radius 1 is 1.19 bits per heavy atom. The molecular weight excluding hydrogens is 388 g/mol. The fourth-order valence-electron chi connectivity index (χ4n) is 8.40. The highest BCUT2D eigenvalue weighted by molar-refractivity contribution is 5.83. The summed E-state index contributed by atoms with van der Waals surface area (Å²) in [7, 11) is 0. The van der Waals surface area contributed by atoms with Crippen molar-refractivity contribution in [3.05, 3.63) is 0 Å². The lowest BCUT2D eigenvalue weighted by Crippen LogP contribution is -2.55. The number of aldehydes is 1. The van der Waals surface area contributed by atoms with E-state index < -0.39 is 0 Å². The van der Waals surface area contributed by atoms with Crippen LogP contribution < -0.4 is 0 Å². The van der Waals surface area contributed by atoms with Gasteiger partial charge in [0.25, 0.3) is 0 Å². The minimum absolute atomic E-state index is 0.0863. The molecule has 3 saturated carbocycles. The van der Waals surface area contributed by atoms with Gasteiger partial charge in [0.15, 0.2) is 0 Å². The van der Waals surface area contributed by atoms with Gasteiger partial charge < -0.3 is 9.53 Å².